The standard InChI is InChI=1S/C20H33N2O6P/c1-20(21,15-28-29(24,25)26)19(23)22-17-10-12-18(13-11-17)27-14-6-5-9-16-7-3-2-4-8-16/h10-13,16H,2-9,14-15,21H2,1H3,(H,22,23)(H2,24,25,26). The number of amides is 1. The van der Waals surface area contributed by atoms with E-state index in [1.807, 2.05) is 0 Å². The summed E-state index contributed by atoms with van der Waals surface area (Å²) >= 11 is 0. The highest BCUT2D eigenvalue weighted by atomic mass is 31.2. The molecule has 29 heavy (non-hydrogen) atoms. The van der Waals surface area contributed by atoms with Gasteiger partial charge in [0.05, 0.1) is 13.2 Å². The first-order valence-electron chi connectivity index (χ1n) is 10.2. The van der Waals surface area contributed by atoms with Gasteiger partial charge in [0, 0.05) is 5.69 Å². The van der Waals surface area contributed by atoms with Crippen molar-refractivity contribution in [2.45, 2.75) is 63.8 Å². The molecule has 8 nitrogen and oxygen atoms in total. The molecule has 1 atom stereocenters. The van der Waals surface area contributed by atoms with Gasteiger partial charge in [0.1, 0.15) is 11.3 Å². The van der Waals surface area contributed by atoms with Crippen molar-refractivity contribution in [1.82, 2.24) is 0 Å². The highest BCUT2D eigenvalue weighted by molar-refractivity contribution is 7.46. The molecule has 1 aliphatic rings. The Kier molecular flexibility index (Phi) is 9.11. The normalized spacial score (nSPS) is 17.5. The highest BCUT2D eigenvalue weighted by Crippen LogP contribution is 2.36. The minimum Gasteiger partial charge on any atom is -0.494 e. The first-order chi connectivity index (χ1) is 13.7. The molecule has 9 heteroatoms. The van der Waals surface area contributed by atoms with Crippen molar-refractivity contribution in [3.05, 3.63) is 24.3 Å². The Hall–Kier alpha value is -1.44. The number of carbonyl (C=O) groups excluding carboxylic acids is 1. The minimum atomic E-state index is -4.69. The summed E-state index contributed by atoms with van der Waals surface area (Å²) in [4.78, 5) is 29.7. The van der Waals surface area contributed by atoms with Crippen molar-refractivity contribution in [3.63, 3.8) is 0 Å². The van der Waals surface area contributed by atoms with Crippen molar-refractivity contribution < 1.29 is 28.4 Å². The van der Waals surface area contributed by atoms with E-state index < -0.39 is 25.9 Å². The molecule has 164 valence electrons. The van der Waals surface area contributed by atoms with E-state index in [0.29, 0.717) is 12.3 Å². The molecule has 1 saturated carbocycles. The van der Waals surface area contributed by atoms with Gasteiger partial charge < -0.3 is 25.6 Å². The minimum absolute atomic E-state index is 0.507. The van der Waals surface area contributed by atoms with Gasteiger partial charge in [0.15, 0.2) is 0 Å². The van der Waals surface area contributed by atoms with Crippen LogP contribution in [0.3, 0.4) is 0 Å². The van der Waals surface area contributed by atoms with Crippen LogP contribution in [0.4, 0.5) is 5.69 Å². The largest absolute Gasteiger partial charge is 0.494 e. The summed E-state index contributed by atoms with van der Waals surface area (Å²) in [6.45, 7) is 1.40. The van der Waals surface area contributed by atoms with Gasteiger partial charge >= 0.3 is 7.82 Å². The van der Waals surface area contributed by atoms with E-state index in [0.717, 1.165) is 18.1 Å². The predicted molar refractivity (Wildman–Crippen MR) is 112 cm³/mol. The van der Waals surface area contributed by atoms with Gasteiger partial charge in [-0.05, 0) is 49.9 Å². The smallest absolute Gasteiger partial charge is 0.469 e. The molecular weight excluding hydrogens is 395 g/mol. The fourth-order valence-electron chi connectivity index (χ4n) is 3.39. The molecule has 0 aliphatic heterocycles. The number of phosphoric acid groups is 1. The second kappa shape index (κ2) is 11.1. The van der Waals surface area contributed by atoms with Crippen molar-refractivity contribution in [2.75, 3.05) is 18.5 Å². The van der Waals surface area contributed by atoms with Gasteiger partial charge in [-0.3, -0.25) is 9.32 Å². The first-order valence-corrected chi connectivity index (χ1v) is 11.7. The molecule has 0 spiro atoms. The number of unbranched alkanes of at least 4 members (excludes halogenated alkanes) is 1. The molecule has 0 bridgehead atoms. The zero-order chi connectivity index (χ0) is 21.3. The zero-order valence-corrected chi connectivity index (χ0v) is 17.9. The average molecular weight is 428 g/mol. The maximum atomic E-state index is 12.2. The number of anilines is 1. The number of benzene rings is 1. The van der Waals surface area contributed by atoms with Gasteiger partial charge in [-0.1, -0.05) is 38.5 Å². The summed E-state index contributed by atoms with van der Waals surface area (Å²) in [6, 6.07) is 6.90. The van der Waals surface area contributed by atoms with Crippen LogP contribution in [0.2, 0.25) is 0 Å². The summed E-state index contributed by atoms with van der Waals surface area (Å²) in [5.41, 5.74) is 4.71. The topological polar surface area (TPSA) is 131 Å². The Bertz CT molecular complexity index is 683. The SMILES string of the molecule is CC(N)(COP(=O)(O)O)C(=O)Nc1ccc(OCCCCC2CCCCC2)cc1. The number of rotatable bonds is 11. The van der Waals surface area contributed by atoms with Crippen LogP contribution in [-0.2, 0) is 13.9 Å². The number of phosphoric ester groups is 1. The Morgan fingerprint density at radius 1 is 1.21 bits per heavy atom. The van der Waals surface area contributed by atoms with Crippen LogP contribution >= 0.6 is 7.82 Å². The van der Waals surface area contributed by atoms with Crippen LogP contribution in [-0.4, -0.2) is 34.4 Å². The second-order valence-electron chi connectivity index (χ2n) is 8.01. The molecule has 0 heterocycles. The second-order valence-corrected chi connectivity index (χ2v) is 9.25. The van der Waals surface area contributed by atoms with Crippen molar-refractivity contribution in [2.24, 2.45) is 11.7 Å². The van der Waals surface area contributed by atoms with Crippen LogP contribution in [0.15, 0.2) is 24.3 Å². The number of nitrogens with one attached hydrogen (secondary N) is 1. The molecule has 1 aliphatic carbocycles. The van der Waals surface area contributed by atoms with E-state index in [1.165, 1.54) is 51.9 Å². The summed E-state index contributed by atoms with van der Waals surface area (Å²) in [6.07, 6.45) is 10.4. The fraction of sp³-hybridized carbons (Fsp3) is 0.650. The Morgan fingerprint density at radius 3 is 2.48 bits per heavy atom. The van der Waals surface area contributed by atoms with E-state index in [2.05, 4.69) is 9.84 Å². The number of carbonyl (C=O) groups is 1. The van der Waals surface area contributed by atoms with Crippen LogP contribution in [0.5, 0.6) is 5.75 Å². The lowest BCUT2D eigenvalue weighted by molar-refractivity contribution is -0.121. The molecule has 1 unspecified atom stereocenters. The fourth-order valence-corrected chi connectivity index (χ4v) is 3.83. The zero-order valence-electron chi connectivity index (χ0n) is 17.0. The molecular formula is C20H33N2O6P. The molecule has 1 fully saturated rings. The van der Waals surface area contributed by atoms with Gasteiger partial charge in [-0.15, -0.1) is 0 Å². The Balaban J connectivity index is 1.69. The lowest BCUT2D eigenvalue weighted by atomic mass is 9.86. The third-order valence-corrected chi connectivity index (χ3v) is 5.63. The van der Waals surface area contributed by atoms with Crippen LogP contribution in [0.1, 0.15) is 58.3 Å². The van der Waals surface area contributed by atoms with Crippen LogP contribution < -0.4 is 15.8 Å². The van der Waals surface area contributed by atoms with Crippen molar-refractivity contribution in [3.8, 4) is 5.75 Å². The lowest BCUT2D eigenvalue weighted by Crippen LogP contribution is -2.52. The molecule has 2 rings (SSSR count). The number of nitrogens with two attached hydrogens (primary N) is 1. The lowest BCUT2D eigenvalue weighted by Gasteiger charge is -2.23. The molecule has 1 aromatic rings. The molecule has 5 N–H and O–H groups in total. The number of hydrogen-bond acceptors (Lipinski definition) is 5. The summed E-state index contributed by atoms with van der Waals surface area (Å²) in [5, 5.41) is 2.61. The third kappa shape index (κ3) is 9.28. The van der Waals surface area contributed by atoms with E-state index in [-0.39, 0.29) is 0 Å². The predicted octanol–water partition coefficient (Wildman–Crippen LogP) is 3.58. The van der Waals surface area contributed by atoms with E-state index in [9.17, 15) is 9.36 Å². The maximum absolute atomic E-state index is 12.2. The van der Waals surface area contributed by atoms with Crippen molar-refractivity contribution >= 4 is 19.4 Å². The Labute approximate surface area is 172 Å². The molecule has 0 saturated heterocycles. The summed E-state index contributed by atoms with van der Waals surface area (Å²) in [5.74, 6) is 1.01. The van der Waals surface area contributed by atoms with E-state index in [4.69, 9.17) is 20.3 Å². The Morgan fingerprint density at radius 2 is 1.86 bits per heavy atom. The van der Waals surface area contributed by atoms with Crippen LogP contribution in [0, 0.1) is 5.92 Å². The number of ether oxygens (including phenoxy) is 1. The van der Waals surface area contributed by atoms with Gasteiger partial charge in [0.25, 0.3) is 0 Å². The van der Waals surface area contributed by atoms with Gasteiger partial charge in [0.2, 0.25) is 5.91 Å². The maximum Gasteiger partial charge on any atom is 0.469 e. The van der Waals surface area contributed by atoms with E-state index in [1.54, 1.807) is 24.3 Å². The molecule has 0 radical (unpaired) electrons. The van der Waals surface area contributed by atoms with Gasteiger partial charge in [-0.2, -0.15) is 0 Å². The molecule has 0 aromatic heterocycles. The first kappa shape index (κ1) is 23.8. The quantitative estimate of drug-likeness (QED) is 0.313. The number of hydrogen-bond donors (Lipinski definition) is 4. The highest BCUT2D eigenvalue weighted by Gasteiger charge is 2.32. The molecule has 1 aromatic carbocycles. The summed E-state index contributed by atoms with van der Waals surface area (Å²) < 4.78 is 20.9. The summed E-state index contributed by atoms with van der Waals surface area (Å²) in [7, 11) is -4.69. The third-order valence-electron chi connectivity index (χ3n) is 5.16. The monoisotopic (exact) mass is 428 g/mol. The van der Waals surface area contributed by atoms with Crippen LogP contribution in [0.25, 0.3) is 0 Å². The van der Waals surface area contributed by atoms with E-state index >= 15 is 0 Å². The van der Waals surface area contributed by atoms with Crippen molar-refractivity contribution in [1.29, 1.82) is 0 Å². The average Bonchev–Trinajstić information content (AvgIpc) is 2.68. The molecule has 1 amide bonds. The van der Waals surface area contributed by atoms with Gasteiger partial charge in [-0.25, -0.2) is 4.57 Å².